The lowest BCUT2D eigenvalue weighted by Crippen LogP contribution is -2.30. The Bertz CT molecular complexity index is 582. The number of aromatic nitrogens is 2. The summed E-state index contributed by atoms with van der Waals surface area (Å²) in [6.45, 7) is 3.17. The molecule has 0 aromatic carbocycles. The highest BCUT2D eigenvalue weighted by molar-refractivity contribution is 7.80. The summed E-state index contributed by atoms with van der Waals surface area (Å²) in [5.74, 6) is 0. The van der Waals surface area contributed by atoms with Crippen molar-refractivity contribution in [2.75, 3.05) is 6.54 Å². The Hall–Kier alpha value is -1.88. The number of unbranched alkanes of at least 4 members (excludes halogenated alkanes) is 1. The Morgan fingerprint density at radius 3 is 2.86 bits per heavy atom. The molecule has 1 saturated heterocycles. The number of H-pyrrole nitrogens is 1. The molecule has 21 heavy (non-hydrogen) atoms. The lowest BCUT2D eigenvalue weighted by atomic mass is 10.0. The smallest absolute Gasteiger partial charge is 0.170 e. The SMILES string of the molecule is CCCCN1C(=S)NC(c2ccccn2)C1c1ccc[nH]1. The highest BCUT2D eigenvalue weighted by Gasteiger charge is 2.39. The maximum atomic E-state index is 5.56. The van der Waals surface area contributed by atoms with Crippen LogP contribution in [0.5, 0.6) is 0 Å². The van der Waals surface area contributed by atoms with Gasteiger partial charge >= 0.3 is 0 Å². The lowest BCUT2D eigenvalue weighted by Gasteiger charge is -2.26. The van der Waals surface area contributed by atoms with Gasteiger partial charge in [0.2, 0.25) is 0 Å². The Kier molecular flexibility index (Phi) is 4.20. The van der Waals surface area contributed by atoms with Crippen molar-refractivity contribution in [3.05, 3.63) is 54.1 Å². The molecule has 0 aliphatic carbocycles. The molecule has 0 radical (unpaired) electrons. The van der Waals surface area contributed by atoms with Crippen LogP contribution in [0.15, 0.2) is 42.7 Å². The predicted molar refractivity (Wildman–Crippen MR) is 87.9 cm³/mol. The van der Waals surface area contributed by atoms with E-state index in [9.17, 15) is 0 Å². The van der Waals surface area contributed by atoms with E-state index in [0.29, 0.717) is 0 Å². The van der Waals surface area contributed by atoms with E-state index in [1.54, 1.807) is 0 Å². The van der Waals surface area contributed by atoms with E-state index in [4.69, 9.17) is 12.2 Å². The summed E-state index contributed by atoms with van der Waals surface area (Å²) < 4.78 is 0. The van der Waals surface area contributed by atoms with Crippen LogP contribution in [0.1, 0.15) is 43.2 Å². The molecule has 2 atom stereocenters. The van der Waals surface area contributed by atoms with Gasteiger partial charge in [0.05, 0.1) is 17.8 Å². The molecule has 0 amide bonds. The molecule has 110 valence electrons. The third kappa shape index (κ3) is 2.78. The number of nitrogens with one attached hydrogen (secondary N) is 2. The van der Waals surface area contributed by atoms with Crippen LogP contribution in [-0.2, 0) is 0 Å². The molecule has 0 spiro atoms. The van der Waals surface area contributed by atoms with E-state index in [2.05, 4.69) is 39.2 Å². The van der Waals surface area contributed by atoms with Crippen molar-refractivity contribution in [2.24, 2.45) is 0 Å². The second-order valence-electron chi connectivity index (χ2n) is 5.30. The molecular weight excluding hydrogens is 280 g/mol. The van der Waals surface area contributed by atoms with Gasteiger partial charge in [-0.1, -0.05) is 19.4 Å². The second kappa shape index (κ2) is 6.26. The minimum Gasteiger partial charge on any atom is -0.363 e. The fourth-order valence-electron chi connectivity index (χ4n) is 2.84. The summed E-state index contributed by atoms with van der Waals surface area (Å²) in [6, 6.07) is 10.4. The highest BCUT2D eigenvalue weighted by atomic mass is 32.1. The van der Waals surface area contributed by atoms with Crippen molar-refractivity contribution in [1.82, 2.24) is 20.2 Å². The van der Waals surface area contributed by atoms with E-state index in [0.717, 1.165) is 30.2 Å². The van der Waals surface area contributed by atoms with Gasteiger partial charge in [-0.05, 0) is 42.9 Å². The molecule has 2 aromatic heterocycles. The van der Waals surface area contributed by atoms with Gasteiger partial charge in [0.15, 0.2) is 5.11 Å². The van der Waals surface area contributed by atoms with Gasteiger partial charge < -0.3 is 15.2 Å². The summed E-state index contributed by atoms with van der Waals surface area (Å²) in [5, 5.41) is 4.26. The van der Waals surface area contributed by atoms with E-state index in [-0.39, 0.29) is 12.1 Å². The number of nitrogens with zero attached hydrogens (tertiary/aromatic N) is 2. The highest BCUT2D eigenvalue weighted by Crippen LogP contribution is 2.37. The van der Waals surface area contributed by atoms with Gasteiger partial charge in [0.25, 0.3) is 0 Å². The van der Waals surface area contributed by atoms with Crippen LogP contribution in [0.4, 0.5) is 0 Å². The third-order valence-corrected chi connectivity index (χ3v) is 4.24. The second-order valence-corrected chi connectivity index (χ2v) is 5.69. The minimum atomic E-state index is 0.0919. The van der Waals surface area contributed by atoms with Crippen molar-refractivity contribution in [3.63, 3.8) is 0 Å². The summed E-state index contributed by atoms with van der Waals surface area (Å²) in [7, 11) is 0. The first-order valence-electron chi connectivity index (χ1n) is 7.42. The molecule has 4 nitrogen and oxygen atoms in total. The first-order chi connectivity index (χ1) is 10.3. The Morgan fingerprint density at radius 2 is 2.19 bits per heavy atom. The van der Waals surface area contributed by atoms with Gasteiger partial charge in [-0.2, -0.15) is 0 Å². The minimum absolute atomic E-state index is 0.0919. The first kappa shape index (κ1) is 14.1. The lowest BCUT2D eigenvalue weighted by molar-refractivity contribution is 0.308. The summed E-state index contributed by atoms with van der Waals surface area (Å²) >= 11 is 5.56. The van der Waals surface area contributed by atoms with Crippen molar-refractivity contribution in [2.45, 2.75) is 31.8 Å². The molecule has 3 rings (SSSR count). The first-order valence-corrected chi connectivity index (χ1v) is 7.83. The Balaban J connectivity index is 1.94. The maximum absolute atomic E-state index is 5.56. The van der Waals surface area contributed by atoms with Crippen molar-refractivity contribution in [3.8, 4) is 0 Å². The summed E-state index contributed by atoms with van der Waals surface area (Å²) in [4.78, 5) is 10.1. The molecule has 0 bridgehead atoms. The number of thiocarbonyl (C=S) groups is 1. The zero-order valence-corrected chi connectivity index (χ0v) is 12.9. The molecule has 2 unspecified atom stereocenters. The molecule has 5 heteroatoms. The Morgan fingerprint density at radius 1 is 1.29 bits per heavy atom. The maximum Gasteiger partial charge on any atom is 0.170 e. The van der Waals surface area contributed by atoms with Gasteiger partial charge in [0, 0.05) is 24.6 Å². The van der Waals surface area contributed by atoms with Gasteiger partial charge in [-0.3, -0.25) is 4.98 Å². The Labute approximate surface area is 130 Å². The number of hydrogen-bond acceptors (Lipinski definition) is 2. The largest absolute Gasteiger partial charge is 0.363 e. The van der Waals surface area contributed by atoms with Gasteiger partial charge in [0.1, 0.15) is 0 Å². The average molecular weight is 300 g/mol. The van der Waals surface area contributed by atoms with Crippen LogP contribution < -0.4 is 5.32 Å². The predicted octanol–water partition coefficient (Wildman–Crippen LogP) is 3.18. The van der Waals surface area contributed by atoms with Crippen LogP contribution in [-0.4, -0.2) is 26.5 Å². The fraction of sp³-hybridized carbons (Fsp3) is 0.375. The molecule has 1 aliphatic heterocycles. The van der Waals surface area contributed by atoms with E-state index < -0.39 is 0 Å². The van der Waals surface area contributed by atoms with E-state index in [1.165, 1.54) is 5.69 Å². The zero-order valence-electron chi connectivity index (χ0n) is 12.1. The van der Waals surface area contributed by atoms with Crippen molar-refractivity contribution >= 4 is 17.3 Å². The standard InChI is InChI=1S/C16H20N4S/c1-2-3-11-20-15(13-8-6-10-18-13)14(19-16(20)21)12-7-4-5-9-17-12/h4-10,14-15,18H,2-3,11H2,1H3,(H,19,21). The molecular formula is C16H20N4S. The summed E-state index contributed by atoms with van der Waals surface area (Å²) in [5.41, 5.74) is 2.20. The van der Waals surface area contributed by atoms with Crippen molar-refractivity contribution < 1.29 is 0 Å². The normalized spacial score (nSPS) is 21.6. The quantitative estimate of drug-likeness (QED) is 0.832. The van der Waals surface area contributed by atoms with E-state index in [1.807, 2.05) is 30.6 Å². The molecule has 3 heterocycles. The van der Waals surface area contributed by atoms with Gasteiger partial charge in [-0.15, -0.1) is 0 Å². The third-order valence-electron chi connectivity index (χ3n) is 3.89. The van der Waals surface area contributed by atoms with Gasteiger partial charge in [-0.25, -0.2) is 0 Å². The molecule has 2 aromatic rings. The monoisotopic (exact) mass is 300 g/mol. The van der Waals surface area contributed by atoms with Crippen LogP contribution in [0, 0.1) is 0 Å². The van der Waals surface area contributed by atoms with Crippen LogP contribution in [0.3, 0.4) is 0 Å². The molecule has 0 saturated carbocycles. The van der Waals surface area contributed by atoms with E-state index >= 15 is 0 Å². The number of pyridine rings is 1. The van der Waals surface area contributed by atoms with Crippen molar-refractivity contribution in [1.29, 1.82) is 0 Å². The molecule has 1 aliphatic rings. The average Bonchev–Trinajstić information content (AvgIpc) is 3.13. The summed E-state index contributed by atoms with van der Waals surface area (Å²) in [6.07, 6.45) is 6.09. The van der Waals surface area contributed by atoms with Crippen LogP contribution in [0.25, 0.3) is 0 Å². The van der Waals surface area contributed by atoms with Crippen LogP contribution >= 0.6 is 12.2 Å². The number of aromatic amines is 1. The van der Waals surface area contributed by atoms with Crippen LogP contribution in [0.2, 0.25) is 0 Å². The number of hydrogen-bond donors (Lipinski definition) is 2. The topological polar surface area (TPSA) is 44.0 Å². The fourth-order valence-corrected chi connectivity index (χ4v) is 3.17. The zero-order chi connectivity index (χ0) is 14.7. The molecule has 1 fully saturated rings. The number of rotatable bonds is 5. The molecule has 2 N–H and O–H groups in total.